The van der Waals surface area contributed by atoms with Crippen LogP contribution in [-0.2, 0) is 14.2 Å². The first kappa shape index (κ1) is 16.9. The van der Waals surface area contributed by atoms with Crippen molar-refractivity contribution in [3.63, 3.8) is 0 Å². The van der Waals surface area contributed by atoms with Gasteiger partial charge in [0.25, 0.3) is 0 Å². The predicted molar refractivity (Wildman–Crippen MR) is 74.1 cm³/mol. The molecule has 4 heteroatoms. The Hall–Kier alpha value is -0.190. The maximum absolute atomic E-state index is 14.5. The fraction of sp³-hybridized carbons (Fsp3) is 1.00. The average Bonchev–Trinajstić information content (AvgIpc) is 2.55. The Bertz CT molecular complexity index is 268. The summed E-state index contributed by atoms with van der Waals surface area (Å²) >= 11 is 0. The van der Waals surface area contributed by atoms with Crippen LogP contribution in [0.1, 0.15) is 48.5 Å². The molecule has 114 valence electrons. The molecule has 1 aliphatic rings. The molecule has 0 aromatic rings. The molecule has 1 fully saturated rings. The van der Waals surface area contributed by atoms with Gasteiger partial charge in [-0.2, -0.15) is 0 Å². The molecule has 1 aliphatic heterocycles. The highest BCUT2D eigenvalue weighted by Gasteiger charge is 2.49. The predicted octanol–water partition coefficient (Wildman–Crippen LogP) is 3.36. The second kappa shape index (κ2) is 7.00. The van der Waals surface area contributed by atoms with Crippen molar-refractivity contribution in [3.8, 4) is 0 Å². The number of alkyl halides is 1. The van der Waals surface area contributed by atoms with Gasteiger partial charge in [-0.05, 0) is 40.5 Å². The highest BCUT2D eigenvalue weighted by atomic mass is 19.1. The van der Waals surface area contributed by atoms with Crippen LogP contribution in [0.2, 0.25) is 0 Å². The van der Waals surface area contributed by atoms with Gasteiger partial charge in [-0.25, -0.2) is 4.39 Å². The van der Waals surface area contributed by atoms with Crippen molar-refractivity contribution in [2.24, 2.45) is 5.92 Å². The van der Waals surface area contributed by atoms with Gasteiger partial charge in [-0.15, -0.1) is 0 Å². The summed E-state index contributed by atoms with van der Waals surface area (Å²) in [6.07, 6.45) is -2.49. The van der Waals surface area contributed by atoms with Crippen molar-refractivity contribution >= 4 is 0 Å². The minimum Gasteiger partial charge on any atom is -0.373 e. The van der Waals surface area contributed by atoms with Crippen molar-refractivity contribution in [2.75, 3.05) is 0 Å². The lowest BCUT2D eigenvalue weighted by atomic mass is 9.99. The van der Waals surface area contributed by atoms with Gasteiger partial charge in [0.1, 0.15) is 12.2 Å². The van der Waals surface area contributed by atoms with Gasteiger partial charge >= 0.3 is 0 Å². The molecule has 0 aromatic heterocycles. The van der Waals surface area contributed by atoms with E-state index in [1.165, 1.54) is 0 Å². The van der Waals surface area contributed by atoms with Crippen LogP contribution >= 0.6 is 0 Å². The van der Waals surface area contributed by atoms with Crippen LogP contribution in [0.4, 0.5) is 4.39 Å². The van der Waals surface area contributed by atoms with Gasteiger partial charge < -0.3 is 14.2 Å². The van der Waals surface area contributed by atoms with E-state index in [0.29, 0.717) is 0 Å². The molecule has 0 radical (unpaired) electrons. The SMILES string of the molecule is CC(C)OC(C)[C@H]1OC(C(C)C)[C@H](F)[C@@H]1OC(C)C. The van der Waals surface area contributed by atoms with E-state index in [1.54, 1.807) is 0 Å². The Kier molecular flexibility index (Phi) is 6.21. The summed E-state index contributed by atoms with van der Waals surface area (Å²) in [4.78, 5) is 0. The summed E-state index contributed by atoms with van der Waals surface area (Å²) in [5, 5.41) is 0. The molecule has 0 amide bonds. The van der Waals surface area contributed by atoms with E-state index in [4.69, 9.17) is 14.2 Å². The molecule has 0 saturated carbocycles. The Morgan fingerprint density at radius 3 is 1.89 bits per heavy atom. The molecule has 1 saturated heterocycles. The summed E-state index contributed by atoms with van der Waals surface area (Å²) in [7, 11) is 0. The molecule has 0 bridgehead atoms. The first-order chi connectivity index (χ1) is 8.73. The summed E-state index contributed by atoms with van der Waals surface area (Å²) in [5.74, 6) is 0.129. The molecule has 0 aliphatic carbocycles. The van der Waals surface area contributed by atoms with Gasteiger partial charge in [0.15, 0.2) is 6.17 Å². The molecule has 5 atom stereocenters. The second-order valence-electron chi connectivity index (χ2n) is 6.29. The Morgan fingerprint density at radius 2 is 1.47 bits per heavy atom. The molecule has 0 N–H and O–H groups in total. The van der Waals surface area contributed by atoms with Crippen molar-refractivity contribution in [3.05, 3.63) is 0 Å². The summed E-state index contributed by atoms with van der Waals surface area (Å²) < 4.78 is 31.9. The third-order valence-electron chi connectivity index (χ3n) is 3.30. The number of halogens is 1. The van der Waals surface area contributed by atoms with Gasteiger partial charge in [0, 0.05) is 0 Å². The molecule has 3 nitrogen and oxygen atoms in total. The summed E-state index contributed by atoms with van der Waals surface area (Å²) in [6, 6.07) is 0. The minimum absolute atomic E-state index is 0.0217. The lowest BCUT2D eigenvalue weighted by Crippen LogP contribution is -2.41. The van der Waals surface area contributed by atoms with E-state index < -0.39 is 18.4 Å². The topological polar surface area (TPSA) is 27.7 Å². The van der Waals surface area contributed by atoms with Crippen LogP contribution in [0.25, 0.3) is 0 Å². The standard InChI is InChI=1S/C15H29FO3/c1-8(2)13-12(16)15(18-10(5)6)14(19-13)11(7)17-9(3)4/h8-15H,1-7H3/t11?,12-,13?,14+,15-/m0/s1. The Labute approximate surface area is 116 Å². The third-order valence-corrected chi connectivity index (χ3v) is 3.30. The molecule has 1 rings (SSSR count). The quantitative estimate of drug-likeness (QED) is 0.744. The zero-order valence-corrected chi connectivity index (χ0v) is 13.2. The van der Waals surface area contributed by atoms with E-state index >= 15 is 0 Å². The lowest BCUT2D eigenvalue weighted by molar-refractivity contribution is -0.127. The van der Waals surface area contributed by atoms with Crippen molar-refractivity contribution in [1.29, 1.82) is 0 Å². The van der Waals surface area contributed by atoms with Crippen LogP contribution in [0.15, 0.2) is 0 Å². The van der Waals surface area contributed by atoms with Crippen LogP contribution in [0.3, 0.4) is 0 Å². The zero-order chi connectivity index (χ0) is 14.7. The zero-order valence-electron chi connectivity index (χ0n) is 13.2. The number of ether oxygens (including phenoxy) is 3. The van der Waals surface area contributed by atoms with Crippen molar-refractivity contribution in [1.82, 2.24) is 0 Å². The van der Waals surface area contributed by atoms with Crippen LogP contribution < -0.4 is 0 Å². The molecular formula is C15H29FO3. The third kappa shape index (κ3) is 4.40. The maximum atomic E-state index is 14.5. The van der Waals surface area contributed by atoms with E-state index in [2.05, 4.69) is 0 Å². The first-order valence-electron chi connectivity index (χ1n) is 7.34. The Balaban J connectivity index is 2.80. The molecule has 1 heterocycles. The Morgan fingerprint density at radius 1 is 0.895 bits per heavy atom. The highest BCUT2D eigenvalue weighted by Crippen LogP contribution is 2.34. The molecular weight excluding hydrogens is 247 g/mol. The number of hydrogen-bond acceptors (Lipinski definition) is 3. The first-order valence-corrected chi connectivity index (χ1v) is 7.34. The van der Waals surface area contributed by atoms with E-state index in [-0.39, 0.29) is 30.3 Å². The summed E-state index contributed by atoms with van der Waals surface area (Å²) in [5.41, 5.74) is 0. The van der Waals surface area contributed by atoms with E-state index in [0.717, 1.165) is 0 Å². The molecule has 2 unspecified atom stereocenters. The van der Waals surface area contributed by atoms with Crippen molar-refractivity contribution < 1.29 is 18.6 Å². The largest absolute Gasteiger partial charge is 0.373 e. The van der Waals surface area contributed by atoms with Gasteiger partial charge in [0.05, 0.1) is 24.4 Å². The van der Waals surface area contributed by atoms with Gasteiger partial charge in [-0.3, -0.25) is 0 Å². The van der Waals surface area contributed by atoms with E-state index in [1.807, 2.05) is 48.5 Å². The highest BCUT2D eigenvalue weighted by molar-refractivity contribution is 4.96. The summed E-state index contributed by atoms with van der Waals surface area (Å²) in [6.45, 7) is 13.6. The molecule has 19 heavy (non-hydrogen) atoms. The van der Waals surface area contributed by atoms with Crippen LogP contribution in [0.5, 0.6) is 0 Å². The lowest BCUT2D eigenvalue weighted by Gasteiger charge is -2.28. The van der Waals surface area contributed by atoms with Gasteiger partial charge in [0.2, 0.25) is 0 Å². The average molecular weight is 276 g/mol. The van der Waals surface area contributed by atoms with Crippen LogP contribution in [-0.4, -0.2) is 42.8 Å². The maximum Gasteiger partial charge on any atom is 0.155 e. The monoisotopic (exact) mass is 276 g/mol. The van der Waals surface area contributed by atoms with E-state index in [9.17, 15) is 4.39 Å². The fourth-order valence-electron chi connectivity index (χ4n) is 2.58. The number of hydrogen-bond donors (Lipinski definition) is 0. The molecule has 0 aromatic carbocycles. The normalized spacial score (nSPS) is 33.6. The van der Waals surface area contributed by atoms with Crippen LogP contribution in [0, 0.1) is 5.92 Å². The molecule has 0 spiro atoms. The minimum atomic E-state index is -1.09. The smallest absolute Gasteiger partial charge is 0.155 e. The number of rotatable bonds is 6. The fourth-order valence-corrected chi connectivity index (χ4v) is 2.58. The van der Waals surface area contributed by atoms with Crippen molar-refractivity contribution in [2.45, 2.75) is 91.3 Å². The van der Waals surface area contributed by atoms with Gasteiger partial charge in [-0.1, -0.05) is 13.8 Å². The second-order valence-corrected chi connectivity index (χ2v) is 6.29.